The van der Waals surface area contributed by atoms with E-state index in [1.54, 1.807) is 24.3 Å². The lowest BCUT2D eigenvalue weighted by atomic mass is 10.2. The average Bonchev–Trinajstić information content (AvgIpc) is 2.99. The molecule has 0 bridgehead atoms. The Bertz CT molecular complexity index is 371. The summed E-state index contributed by atoms with van der Waals surface area (Å²) in [6, 6.07) is 7.00. The highest BCUT2D eigenvalue weighted by Crippen LogP contribution is 2.34. The summed E-state index contributed by atoms with van der Waals surface area (Å²) in [6.45, 7) is 0.0173. The average molecular weight is 223 g/mol. The number of hydrogen-bond donors (Lipinski definition) is 3. The Morgan fingerprint density at radius 3 is 2.47 bits per heavy atom. The maximum Gasteiger partial charge on any atom is 0.251 e. The number of amides is 1. The van der Waals surface area contributed by atoms with Gasteiger partial charge in [0.2, 0.25) is 0 Å². The Labute approximate surface area is 93.9 Å². The third kappa shape index (κ3) is 2.33. The summed E-state index contributed by atoms with van der Waals surface area (Å²) in [7, 11) is 0. The fraction of sp³-hybridized carbons (Fsp3) is 0.364. The van der Waals surface area contributed by atoms with Crippen molar-refractivity contribution >= 4 is 18.5 Å². The van der Waals surface area contributed by atoms with E-state index < -0.39 is 0 Å². The van der Waals surface area contributed by atoms with E-state index in [0.29, 0.717) is 5.56 Å². The minimum absolute atomic E-state index is 0.0173. The second-order valence-corrected chi connectivity index (χ2v) is 4.46. The molecule has 2 rings (SSSR count). The number of benzene rings is 1. The zero-order chi connectivity index (χ0) is 10.9. The fourth-order valence-corrected chi connectivity index (χ4v) is 1.55. The molecule has 1 fully saturated rings. The molecule has 4 heteroatoms. The Hall–Kier alpha value is -1.00. The van der Waals surface area contributed by atoms with Gasteiger partial charge in [-0.2, -0.15) is 0 Å². The van der Waals surface area contributed by atoms with Crippen LogP contribution < -0.4 is 5.32 Å². The lowest BCUT2D eigenvalue weighted by molar-refractivity contribution is 0.0907. The smallest absolute Gasteiger partial charge is 0.251 e. The number of hydrogen-bond acceptors (Lipinski definition) is 3. The lowest BCUT2D eigenvalue weighted by Crippen LogP contribution is -2.39. The molecule has 1 saturated carbocycles. The molecule has 0 heterocycles. The van der Waals surface area contributed by atoms with Gasteiger partial charge in [0.15, 0.2) is 0 Å². The first-order chi connectivity index (χ1) is 7.15. The van der Waals surface area contributed by atoms with E-state index in [1.165, 1.54) is 0 Å². The minimum Gasteiger partial charge on any atom is -0.394 e. The molecule has 0 saturated heterocycles. The van der Waals surface area contributed by atoms with Crippen LogP contribution in [0.4, 0.5) is 0 Å². The van der Waals surface area contributed by atoms with Crippen LogP contribution in [0.1, 0.15) is 23.2 Å². The van der Waals surface area contributed by atoms with Gasteiger partial charge in [-0.15, -0.1) is 12.6 Å². The summed E-state index contributed by atoms with van der Waals surface area (Å²) < 4.78 is 0. The molecule has 0 aromatic heterocycles. The van der Waals surface area contributed by atoms with Crippen molar-refractivity contribution in [2.75, 3.05) is 6.61 Å². The van der Waals surface area contributed by atoms with Crippen LogP contribution in [0.15, 0.2) is 29.2 Å². The number of carbonyl (C=O) groups is 1. The molecule has 0 radical (unpaired) electrons. The van der Waals surface area contributed by atoms with Crippen molar-refractivity contribution in [3.05, 3.63) is 29.8 Å². The maximum absolute atomic E-state index is 11.7. The van der Waals surface area contributed by atoms with E-state index in [0.717, 1.165) is 17.7 Å². The summed E-state index contributed by atoms with van der Waals surface area (Å²) in [5.74, 6) is -0.130. The number of rotatable bonds is 3. The van der Waals surface area contributed by atoms with Gasteiger partial charge in [-0.25, -0.2) is 0 Å². The SMILES string of the molecule is O=C(NC1(CO)CC1)c1ccc(S)cc1. The zero-order valence-corrected chi connectivity index (χ0v) is 9.13. The largest absolute Gasteiger partial charge is 0.394 e. The summed E-state index contributed by atoms with van der Waals surface area (Å²) in [5, 5.41) is 11.9. The Morgan fingerprint density at radius 2 is 2.00 bits per heavy atom. The van der Waals surface area contributed by atoms with Gasteiger partial charge in [-0.3, -0.25) is 4.79 Å². The first-order valence-electron chi connectivity index (χ1n) is 4.88. The highest BCUT2D eigenvalue weighted by atomic mass is 32.1. The monoisotopic (exact) mass is 223 g/mol. The Balaban J connectivity index is 2.05. The quantitative estimate of drug-likeness (QED) is 0.675. The molecule has 2 N–H and O–H groups in total. The topological polar surface area (TPSA) is 49.3 Å². The van der Waals surface area contributed by atoms with Crippen LogP contribution in [0, 0.1) is 0 Å². The van der Waals surface area contributed by atoms with E-state index in [1.807, 2.05) is 0 Å². The van der Waals surface area contributed by atoms with Crippen LogP contribution >= 0.6 is 12.6 Å². The highest BCUT2D eigenvalue weighted by Gasteiger charge is 2.43. The van der Waals surface area contributed by atoms with Crippen LogP contribution in [0.2, 0.25) is 0 Å². The van der Waals surface area contributed by atoms with Crippen molar-refractivity contribution in [3.63, 3.8) is 0 Å². The third-order valence-corrected chi connectivity index (χ3v) is 2.96. The molecule has 1 aromatic rings. The molecular formula is C11H13NO2S. The molecule has 0 spiro atoms. The Kier molecular flexibility index (Phi) is 2.71. The van der Waals surface area contributed by atoms with Gasteiger partial charge in [0, 0.05) is 10.5 Å². The number of nitrogens with one attached hydrogen (secondary N) is 1. The lowest BCUT2D eigenvalue weighted by Gasteiger charge is -2.14. The molecule has 0 aliphatic heterocycles. The van der Waals surface area contributed by atoms with E-state index >= 15 is 0 Å². The maximum atomic E-state index is 11.7. The second kappa shape index (κ2) is 3.87. The molecule has 1 amide bonds. The van der Waals surface area contributed by atoms with Gasteiger partial charge in [0.05, 0.1) is 12.1 Å². The van der Waals surface area contributed by atoms with E-state index in [9.17, 15) is 4.79 Å². The summed E-state index contributed by atoms with van der Waals surface area (Å²) >= 11 is 4.15. The zero-order valence-electron chi connectivity index (χ0n) is 8.23. The molecule has 1 aliphatic carbocycles. The van der Waals surface area contributed by atoms with Crippen molar-refractivity contribution in [1.82, 2.24) is 5.32 Å². The number of aliphatic hydroxyl groups is 1. The van der Waals surface area contributed by atoms with Crippen molar-refractivity contribution in [2.24, 2.45) is 0 Å². The third-order valence-electron chi connectivity index (χ3n) is 2.66. The summed E-state index contributed by atoms with van der Waals surface area (Å²) in [6.07, 6.45) is 1.72. The Morgan fingerprint density at radius 1 is 1.40 bits per heavy atom. The molecule has 0 atom stereocenters. The van der Waals surface area contributed by atoms with Gasteiger partial charge >= 0.3 is 0 Å². The van der Waals surface area contributed by atoms with Crippen molar-refractivity contribution < 1.29 is 9.90 Å². The molecule has 1 aliphatic rings. The summed E-state index contributed by atoms with van der Waals surface area (Å²) in [5.41, 5.74) is 0.254. The molecular weight excluding hydrogens is 210 g/mol. The minimum atomic E-state index is -0.350. The van der Waals surface area contributed by atoms with Gasteiger partial charge in [0.1, 0.15) is 0 Å². The molecule has 0 unspecified atom stereocenters. The van der Waals surface area contributed by atoms with Gasteiger partial charge in [0.25, 0.3) is 5.91 Å². The number of thiol groups is 1. The molecule has 80 valence electrons. The van der Waals surface area contributed by atoms with Gasteiger partial charge in [-0.05, 0) is 37.1 Å². The van der Waals surface area contributed by atoms with E-state index in [2.05, 4.69) is 17.9 Å². The van der Waals surface area contributed by atoms with Gasteiger partial charge in [-0.1, -0.05) is 0 Å². The van der Waals surface area contributed by atoms with Crippen LogP contribution in [-0.4, -0.2) is 23.2 Å². The van der Waals surface area contributed by atoms with Crippen LogP contribution in [0.3, 0.4) is 0 Å². The van der Waals surface area contributed by atoms with E-state index in [-0.39, 0.29) is 18.1 Å². The standard InChI is InChI=1S/C11H13NO2S/c13-7-11(5-6-11)12-10(14)8-1-3-9(15)4-2-8/h1-4,13,15H,5-7H2,(H,12,14). The number of carbonyl (C=O) groups excluding carboxylic acids is 1. The van der Waals surface area contributed by atoms with Crippen LogP contribution in [0.5, 0.6) is 0 Å². The van der Waals surface area contributed by atoms with Gasteiger partial charge < -0.3 is 10.4 Å². The van der Waals surface area contributed by atoms with Crippen molar-refractivity contribution in [2.45, 2.75) is 23.3 Å². The van der Waals surface area contributed by atoms with Crippen LogP contribution in [0.25, 0.3) is 0 Å². The first-order valence-corrected chi connectivity index (χ1v) is 5.32. The van der Waals surface area contributed by atoms with Crippen molar-refractivity contribution in [3.8, 4) is 0 Å². The molecule has 15 heavy (non-hydrogen) atoms. The normalized spacial score (nSPS) is 17.2. The fourth-order valence-electron chi connectivity index (χ4n) is 1.40. The van der Waals surface area contributed by atoms with E-state index in [4.69, 9.17) is 5.11 Å². The van der Waals surface area contributed by atoms with Crippen LogP contribution in [-0.2, 0) is 0 Å². The highest BCUT2D eigenvalue weighted by molar-refractivity contribution is 7.80. The molecule has 3 nitrogen and oxygen atoms in total. The molecule has 1 aromatic carbocycles. The second-order valence-electron chi connectivity index (χ2n) is 3.94. The predicted molar refractivity (Wildman–Crippen MR) is 60.2 cm³/mol. The van der Waals surface area contributed by atoms with Crippen molar-refractivity contribution in [1.29, 1.82) is 0 Å². The predicted octanol–water partition coefficient (Wildman–Crippen LogP) is 1.23. The summed E-state index contributed by atoms with van der Waals surface area (Å²) in [4.78, 5) is 12.6. The number of aliphatic hydroxyl groups excluding tert-OH is 1. The first kappa shape index (κ1) is 10.5.